The molecule has 0 heterocycles. The number of nitrogens with zero attached hydrogens (tertiary/aromatic N) is 1. The lowest BCUT2D eigenvalue weighted by molar-refractivity contribution is 0.231. The second-order valence-corrected chi connectivity index (χ2v) is 3.74. The van der Waals surface area contributed by atoms with Gasteiger partial charge in [-0.15, -0.1) is 6.58 Å². The Morgan fingerprint density at radius 1 is 1.38 bits per heavy atom. The lowest BCUT2D eigenvalue weighted by Crippen LogP contribution is -2.39. The Labute approximate surface area is 83.0 Å². The summed E-state index contributed by atoms with van der Waals surface area (Å²) < 4.78 is 0. The summed E-state index contributed by atoms with van der Waals surface area (Å²) in [5.74, 6) is 0. The highest BCUT2D eigenvalue weighted by atomic mass is 15.5. The largest absolute Gasteiger partial charge is 0.252 e. The summed E-state index contributed by atoms with van der Waals surface area (Å²) in [5.41, 5.74) is 3.40. The van der Waals surface area contributed by atoms with Gasteiger partial charge in [0.2, 0.25) is 0 Å². The number of unbranched alkanes of at least 4 members (excludes halogenated alkanes) is 2. The van der Waals surface area contributed by atoms with Crippen LogP contribution in [0.15, 0.2) is 12.7 Å². The highest BCUT2D eigenvalue weighted by Gasteiger charge is 2.05. The monoisotopic (exact) mass is 184 g/mol. The molecule has 0 aliphatic heterocycles. The number of hydrogen-bond acceptors (Lipinski definition) is 2. The Morgan fingerprint density at radius 2 is 2.08 bits per heavy atom. The third-order valence-corrected chi connectivity index (χ3v) is 2.05. The molecule has 2 nitrogen and oxygen atoms in total. The molecule has 78 valence electrons. The van der Waals surface area contributed by atoms with Gasteiger partial charge in [-0.2, -0.15) is 0 Å². The molecule has 0 bridgehead atoms. The Balaban J connectivity index is 3.59. The molecule has 0 amide bonds. The van der Waals surface area contributed by atoms with Crippen molar-refractivity contribution in [3.05, 3.63) is 12.7 Å². The van der Waals surface area contributed by atoms with Gasteiger partial charge in [0.1, 0.15) is 0 Å². The molecule has 13 heavy (non-hydrogen) atoms. The quantitative estimate of drug-likeness (QED) is 0.354. The van der Waals surface area contributed by atoms with Crippen LogP contribution in [0.4, 0.5) is 0 Å². The van der Waals surface area contributed by atoms with E-state index in [1.54, 1.807) is 0 Å². The molecule has 0 spiro atoms. The fourth-order valence-corrected chi connectivity index (χ4v) is 1.44. The predicted molar refractivity (Wildman–Crippen MR) is 59.6 cm³/mol. The van der Waals surface area contributed by atoms with Gasteiger partial charge >= 0.3 is 0 Å². The number of rotatable bonds is 8. The standard InChI is InChI=1S/C11H24N2/c1-5-7-8-10-11(9-6-2)12-13(3)4/h6,11-12H,2,5,7-10H2,1,3-4H3. The minimum atomic E-state index is 0.569. The van der Waals surface area contributed by atoms with Crippen molar-refractivity contribution in [2.45, 2.75) is 45.1 Å². The van der Waals surface area contributed by atoms with Crippen LogP contribution in [0, 0.1) is 0 Å². The second kappa shape index (κ2) is 8.27. The van der Waals surface area contributed by atoms with E-state index in [-0.39, 0.29) is 0 Å². The lowest BCUT2D eigenvalue weighted by Gasteiger charge is -2.21. The van der Waals surface area contributed by atoms with Gasteiger partial charge in [-0.1, -0.05) is 32.3 Å². The van der Waals surface area contributed by atoms with Gasteiger partial charge in [0.15, 0.2) is 0 Å². The van der Waals surface area contributed by atoms with Crippen LogP contribution in [-0.2, 0) is 0 Å². The number of hydrazine groups is 1. The molecule has 0 fully saturated rings. The first-order chi connectivity index (χ1) is 6.20. The Hall–Kier alpha value is -0.340. The molecule has 0 aliphatic rings. The van der Waals surface area contributed by atoms with Crippen LogP contribution < -0.4 is 5.43 Å². The summed E-state index contributed by atoms with van der Waals surface area (Å²) in [5, 5.41) is 2.03. The highest BCUT2D eigenvalue weighted by Crippen LogP contribution is 2.06. The van der Waals surface area contributed by atoms with E-state index in [1.165, 1.54) is 25.7 Å². The van der Waals surface area contributed by atoms with Crippen molar-refractivity contribution in [1.82, 2.24) is 10.4 Å². The lowest BCUT2D eigenvalue weighted by atomic mass is 10.1. The Morgan fingerprint density at radius 3 is 2.54 bits per heavy atom. The van der Waals surface area contributed by atoms with E-state index in [2.05, 4.69) is 18.9 Å². The van der Waals surface area contributed by atoms with Gasteiger partial charge in [-0.25, -0.2) is 0 Å². The maximum Gasteiger partial charge on any atom is 0.0249 e. The van der Waals surface area contributed by atoms with Crippen molar-refractivity contribution in [2.75, 3.05) is 14.1 Å². The molecule has 0 saturated carbocycles. The smallest absolute Gasteiger partial charge is 0.0249 e. The van der Waals surface area contributed by atoms with Crippen LogP contribution in [0.3, 0.4) is 0 Å². The van der Waals surface area contributed by atoms with Gasteiger partial charge in [0, 0.05) is 20.1 Å². The first-order valence-corrected chi connectivity index (χ1v) is 5.25. The van der Waals surface area contributed by atoms with Gasteiger partial charge in [0.25, 0.3) is 0 Å². The van der Waals surface area contributed by atoms with Crippen LogP contribution in [0.5, 0.6) is 0 Å². The normalized spacial score (nSPS) is 13.2. The molecule has 0 aromatic heterocycles. The number of nitrogens with one attached hydrogen (secondary N) is 1. The summed E-state index contributed by atoms with van der Waals surface area (Å²) in [6, 6.07) is 0.569. The SMILES string of the molecule is C=CCC(CCCCC)NN(C)C. The van der Waals surface area contributed by atoms with Crippen molar-refractivity contribution in [3.8, 4) is 0 Å². The maximum atomic E-state index is 3.78. The minimum Gasteiger partial charge on any atom is -0.252 e. The molecule has 0 aliphatic carbocycles. The topological polar surface area (TPSA) is 15.3 Å². The minimum absolute atomic E-state index is 0.569. The third kappa shape index (κ3) is 8.00. The zero-order valence-corrected chi connectivity index (χ0v) is 9.34. The summed E-state index contributed by atoms with van der Waals surface area (Å²) in [7, 11) is 4.08. The summed E-state index contributed by atoms with van der Waals surface area (Å²) >= 11 is 0. The fourth-order valence-electron chi connectivity index (χ4n) is 1.44. The van der Waals surface area contributed by atoms with Crippen molar-refractivity contribution in [3.63, 3.8) is 0 Å². The second-order valence-electron chi connectivity index (χ2n) is 3.74. The summed E-state index contributed by atoms with van der Waals surface area (Å²) in [4.78, 5) is 0. The predicted octanol–water partition coefficient (Wildman–Crippen LogP) is 2.58. The van der Waals surface area contributed by atoms with E-state index in [4.69, 9.17) is 0 Å². The average molecular weight is 184 g/mol. The number of hydrogen-bond donors (Lipinski definition) is 1. The van der Waals surface area contributed by atoms with Crippen molar-refractivity contribution < 1.29 is 0 Å². The van der Waals surface area contributed by atoms with E-state index in [1.807, 2.05) is 25.2 Å². The average Bonchev–Trinajstić information content (AvgIpc) is 2.04. The molecule has 0 saturated heterocycles. The zero-order valence-electron chi connectivity index (χ0n) is 9.34. The molecule has 1 unspecified atom stereocenters. The van der Waals surface area contributed by atoms with E-state index in [0.29, 0.717) is 6.04 Å². The first-order valence-electron chi connectivity index (χ1n) is 5.25. The molecule has 0 radical (unpaired) electrons. The van der Waals surface area contributed by atoms with Crippen LogP contribution in [0.1, 0.15) is 39.0 Å². The van der Waals surface area contributed by atoms with Crippen LogP contribution in [0.25, 0.3) is 0 Å². The van der Waals surface area contributed by atoms with E-state index in [9.17, 15) is 0 Å². The molecule has 1 atom stereocenters. The molecule has 0 aromatic rings. The molecular weight excluding hydrogens is 160 g/mol. The Bertz CT molecular complexity index is 121. The van der Waals surface area contributed by atoms with Crippen LogP contribution >= 0.6 is 0 Å². The van der Waals surface area contributed by atoms with Gasteiger partial charge in [0.05, 0.1) is 0 Å². The Kier molecular flexibility index (Phi) is 8.05. The molecular formula is C11H24N2. The van der Waals surface area contributed by atoms with Gasteiger partial charge in [-0.05, 0) is 12.8 Å². The van der Waals surface area contributed by atoms with Crippen molar-refractivity contribution in [2.24, 2.45) is 0 Å². The molecule has 2 heteroatoms. The summed E-state index contributed by atoms with van der Waals surface area (Å²) in [6.07, 6.45) is 8.24. The van der Waals surface area contributed by atoms with Crippen LogP contribution in [0.2, 0.25) is 0 Å². The zero-order chi connectivity index (χ0) is 10.1. The molecule has 1 N–H and O–H groups in total. The van der Waals surface area contributed by atoms with Crippen molar-refractivity contribution >= 4 is 0 Å². The molecule has 0 aromatic carbocycles. The fraction of sp³-hybridized carbons (Fsp3) is 0.818. The van der Waals surface area contributed by atoms with Crippen molar-refractivity contribution in [1.29, 1.82) is 0 Å². The third-order valence-electron chi connectivity index (χ3n) is 2.05. The van der Waals surface area contributed by atoms with Gasteiger partial charge < -0.3 is 0 Å². The first kappa shape index (κ1) is 12.7. The van der Waals surface area contributed by atoms with Crippen LogP contribution in [-0.4, -0.2) is 25.1 Å². The summed E-state index contributed by atoms with van der Waals surface area (Å²) in [6.45, 7) is 6.02. The molecule has 0 rings (SSSR count). The van der Waals surface area contributed by atoms with E-state index < -0.39 is 0 Å². The van der Waals surface area contributed by atoms with Gasteiger partial charge in [-0.3, -0.25) is 10.4 Å². The van der Waals surface area contributed by atoms with E-state index in [0.717, 1.165) is 6.42 Å². The highest BCUT2D eigenvalue weighted by molar-refractivity contribution is 4.76. The van der Waals surface area contributed by atoms with E-state index >= 15 is 0 Å². The maximum absolute atomic E-state index is 3.78.